The van der Waals surface area contributed by atoms with Crippen LogP contribution >= 0.6 is 0 Å². The Labute approximate surface area is 82.1 Å². The van der Waals surface area contributed by atoms with Crippen molar-refractivity contribution in [3.63, 3.8) is 0 Å². The Balaban J connectivity index is 2.27. The summed E-state index contributed by atoms with van der Waals surface area (Å²) < 4.78 is 1.79. The number of rotatable bonds is 2. The summed E-state index contributed by atoms with van der Waals surface area (Å²) in [5.74, 6) is 0.189. The summed E-state index contributed by atoms with van der Waals surface area (Å²) in [6, 6.07) is 2.08. The largest absolute Gasteiger partial charge is 0.294 e. The zero-order valence-electron chi connectivity index (χ0n) is 7.86. The van der Waals surface area contributed by atoms with Crippen molar-refractivity contribution in [3.05, 3.63) is 17.5 Å². The van der Waals surface area contributed by atoms with Crippen molar-refractivity contribution < 1.29 is 4.79 Å². The van der Waals surface area contributed by atoms with E-state index in [4.69, 9.17) is 5.26 Å². The highest BCUT2D eigenvalue weighted by atomic mass is 16.1. The summed E-state index contributed by atoms with van der Waals surface area (Å²) in [6.07, 6.45) is 4.53. The Morgan fingerprint density at radius 3 is 3.21 bits per heavy atom. The Kier molecular flexibility index (Phi) is 2.32. The molecule has 1 heterocycles. The summed E-state index contributed by atoms with van der Waals surface area (Å²) in [6.45, 7) is 0.596. The van der Waals surface area contributed by atoms with Gasteiger partial charge in [-0.05, 0) is 12.8 Å². The Morgan fingerprint density at radius 2 is 2.43 bits per heavy atom. The average Bonchev–Trinajstić information content (AvgIpc) is 2.60. The van der Waals surface area contributed by atoms with E-state index >= 15 is 0 Å². The van der Waals surface area contributed by atoms with Crippen molar-refractivity contribution in [1.29, 1.82) is 5.26 Å². The number of carbonyl (C=O) groups excluding carboxylic acids is 1. The lowest BCUT2D eigenvalue weighted by Crippen LogP contribution is -2.13. The number of hydrogen-bond acceptors (Lipinski definition) is 3. The lowest BCUT2D eigenvalue weighted by Gasteiger charge is -2.11. The van der Waals surface area contributed by atoms with Crippen LogP contribution in [0.3, 0.4) is 0 Å². The molecule has 0 N–H and O–H groups in total. The van der Waals surface area contributed by atoms with E-state index in [0.717, 1.165) is 24.1 Å². The molecule has 72 valence electrons. The molecule has 1 aromatic heterocycles. The Hall–Kier alpha value is -1.63. The van der Waals surface area contributed by atoms with Crippen LogP contribution in [0.5, 0.6) is 0 Å². The number of aryl methyl sites for hydroxylation is 1. The van der Waals surface area contributed by atoms with Gasteiger partial charge >= 0.3 is 0 Å². The Bertz CT molecular complexity index is 400. The molecule has 0 amide bonds. The van der Waals surface area contributed by atoms with Crippen LogP contribution in [0, 0.1) is 11.3 Å². The van der Waals surface area contributed by atoms with Gasteiger partial charge in [0, 0.05) is 12.1 Å². The molecule has 0 aromatic carbocycles. The summed E-state index contributed by atoms with van der Waals surface area (Å²) in [5, 5.41) is 12.6. The molecule has 4 heteroatoms. The minimum atomic E-state index is 0.189. The van der Waals surface area contributed by atoms with Crippen molar-refractivity contribution >= 4 is 5.78 Å². The van der Waals surface area contributed by atoms with Crippen LogP contribution in [0.1, 0.15) is 35.3 Å². The van der Waals surface area contributed by atoms with Crippen molar-refractivity contribution in [2.75, 3.05) is 0 Å². The highest BCUT2D eigenvalue weighted by Crippen LogP contribution is 2.20. The molecule has 1 aliphatic rings. The first-order valence-corrected chi connectivity index (χ1v) is 4.78. The van der Waals surface area contributed by atoms with Crippen LogP contribution in [0.15, 0.2) is 6.20 Å². The molecule has 1 aliphatic carbocycles. The molecule has 0 fully saturated rings. The topological polar surface area (TPSA) is 58.7 Å². The molecular formula is C10H11N3O. The maximum absolute atomic E-state index is 11.5. The number of Topliss-reactive ketones (excluding diaryl/α,β-unsaturated/α-hetero) is 1. The Morgan fingerprint density at radius 1 is 1.57 bits per heavy atom. The van der Waals surface area contributed by atoms with E-state index in [1.165, 1.54) is 0 Å². The van der Waals surface area contributed by atoms with E-state index in [9.17, 15) is 4.79 Å². The van der Waals surface area contributed by atoms with Crippen molar-refractivity contribution in [2.24, 2.45) is 0 Å². The average molecular weight is 189 g/mol. The van der Waals surface area contributed by atoms with E-state index in [0.29, 0.717) is 19.4 Å². The van der Waals surface area contributed by atoms with Crippen LogP contribution in [0.2, 0.25) is 0 Å². The third-order valence-corrected chi connectivity index (χ3v) is 2.50. The fraction of sp³-hybridized carbons (Fsp3) is 0.500. The minimum Gasteiger partial charge on any atom is -0.294 e. The summed E-state index contributed by atoms with van der Waals surface area (Å²) in [5.41, 5.74) is 1.77. The van der Waals surface area contributed by atoms with Crippen LogP contribution in [-0.4, -0.2) is 15.6 Å². The van der Waals surface area contributed by atoms with Crippen LogP contribution < -0.4 is 0 Å². The fourth-order valence-electron chi connectivity index (χ4n) is 1.81. The van der Waals surface area contributed by atoms with E-state index < -0.39 is 0 Å². The van der Waals surface area contributed by atoms with E-state index in [2.05, 4.69) is 11.2 Å². The molecule has 0 saturated carbocycles. The molecule has 14 heavy (non-hydrogen) atoms. The van der Waals surface area contributed by atoms with Gasteiger partial charge in [0.1, 0.15) is 0 Å². The highest BCUT2D eigenvalue weighted by molar-refractivity contribution is 5.97. The smallest absolute Gasteiger partial charge is 0.166 e. The van der Waals surface area contributed by atoms with Crippen LogP contribution in [0.4, 0.5) is 0 Å². The summed E-state index contributed by atoms with van der Waals surface area (Å²) >= 11 is 0. The summed E-state index contributed by atoms with van der Waals surface area (Å²) in [4.78, 5) is 11.5. The molecule has 0 aliphatic heterocycles. The third kappa shape index (κ3) is 1.41. The van der Waals surface area contributed by atoms with E-state index in [1.54, 1.807) is 10.9 Å². The second-order valence-corrected chi connectivity index (χ2v) is 3.41. The van der Waals surface area contributed by atoms with Crippen molar-refractivity contribution in [3.8, 4) is 6.07 Å². The minimum absolute atomic E-state index is 0.189. The van der Waals surface area contributed by atoms with Gasteiger partial charge in [0.2, 0.25) is 0 Å². The van der Waals surface area contributed by atoms with Gasteiger partial charge in [-0.15, -0.1) is 0 Å². The van der Waals surface area contributed by atoms with Gasteiger partial charge < -0.3 is 0 Å². The van der Waals surface area contributed by atoms with Gasteiger partial charge in [-0.25, -0.2) is 0 Å². The molecule has 0 bridgehead atoms. The van der Waals surface area contributed by atoms with E-state index in [1.807, 2.05) is 0 Å². The number of nitrogens with zero attached hydrogens (tertiary/aromatic N) is 3. The number of aromatic nitrogens is 2. The number of carbonyl (C=O) groups is 1. The first-order valence-electron chi connectivity index (χ1n) is 4.78. The van der Waals surface area contributed by atoms with Gasteiger partial charge in [0.25, 0.3) is 0 Å². The maximum Gasteiger partial charge on any atom is 0.166 e. The second kappa shape index (κ2) is 3.62. The molecule has 0 atom stereocenters. The first kappa shape index (κ1) is 8.95. The molecule has 2 rings (SSSR count). The maximum atomic E-state index is 11.5. The normalized spacial score (nSPS) is 14.9. The molecule has 4 nitrogen and oxygen atoms in total. The number of ketones is 1. The van der Waals surface area contributed by atoms with Crippen LogP contribution in [0.25, 0.3) is 0 Å². The lowest BCUT2D eigenvalue weighted by molar-refractivity contribution is 0.0972. The van der Waals surface area contributed by atoms with Gasteiger partial charge in [0.05, 0.1) is 30.8 Å². The molecule has 0 radical (unpaired) electrons. The molecular weight excluding hydrogens is 178 g/mol. The predicted molar refractivity (Wildman–Crippen MR) is 49.7 cm³/mol. The van der Waals surface area contributed by atoms with Gasteiger partial charge in [-0.1, -0.05) is 0 Å². The van der Waals surface area contributed by atoms with E-state index in [-0.39, 0.29) is 5.78 Å². The van der Waals surface area contributed by atoms with Crippen molar-refractivity contribution in [1.82, 2.24) is 9.78 Å². The zero-order chi connectivity index (χ0) is 9.97. The number of hydrogen-bond donors (Lipinski definition) is 0. The first-order chi connectivity index (χ1) is 6.83. The number of nitriles is 1. The zero-order valence-corrected chi connectivity index (χ0v) is 7.86. The molecule has 1 aromatic rings. The lowest BCUT2D eigenvalue weighted by atomic mass is 9.97. The molecule has 0 unspecified atom stereocenters. The summed E-state index contributed by atoms with van der Waals surface area (Å²) in [7, 11) is 0. The van der Waals surface area contributed by atoms with Crippen molar-refractivity contribution in [2.45, 2.75) is 32.2 Å². The molecule has 0 saturated heterocycles. The highest BCUT2D eigenvalue weighted by Gasteiger charge is 2.21. The standard InChI is InChI=1S/C10H11N3O/c11-5-2-6-13-9-3-1-4-10(14)8(9)7-12-13/h7H,1-4,6H2. The quantitative estimate of drug-likeness (QED) is 0.704. The molecule has 0 spiro atoms. The fourth-order valence-corrected chi connectivity index (χ4v) is 1.81. The second-order valence-electron chi connectivity index (χ2n) is 3.41. The van der Waals surface area contributed by atoms with Crippen LogP contribution in [-0.2, 0) is 13.0 Å². The monoisotopic (exact) mass is 189 g/mol. The third-order valence-electron chi connectivity index (χ3n) is 2.50. The van der Waals surface area contributed by atoms with Gasteiger partial charge in [-0.2, -0.15) is 10.4 Å². The SMILES string of the molecule is N#CCCn1ncc2c1CCCC2=O. The number of fused-ring (bicyclic) bond motifs is 1. The van der Waals surface area contributed by atoms with Gasteiger partial charge in [0.15, 0.2) is 5.78 Å². The van der Waals surface area contributed by atoms with Gasteiger partial charge in [-0.3, -0.25) is 9.48 Å². The predicted octanol–water partition coefficient (Wildman–Crippen LogP) is 1.32.